The number of nitrogens with two attached hydrogens (primary N) is 1. The molecule has 3 nitrogen and oxygen atoms in total. The Kier molecular flexibility index (Phi) is 5.84. The average Bonchev–Trinajstić information content (AvgIpc) is 2.49. The normalized spacial score (nSPS) is 10.4. The van der Waals surface area contributed by atoms with Crippen LogP contribution in [-0.4, -0.2) is 13.2 Å². The minimum atomic E-state index is -0.380. The Morgan fingerprint density at radius 1 is 1.00 bits per heavy atom. The van der Waals surface area contributed by atoms with Crippen molar-refractivity contribution in [2.45, 2.75) is 13.0 Å². The first-order valence-electron chi connectivity index (χ1n) is 6.69. The second-order valence-corrected chi connectivity index (χ2v) is 4.84. The van der Waals surface area contributed by atoms with Gasteiger partial charge in [-0.2, -0.15) is 0 Å². The predicted molar refractivity (Wildman–Crippen MR) is 81.4 cm³/mol. The van der Waals surface area contributed by atoms with Crippen molar-refractivity contribution >= 4 is 11.6 Å². The Labute approximate surface area is 128 Å². The molecule has 2 N–H and O–H groups in total. The highest BCUT2D eigenvalue weighted by Crippen LogP contribution is 2.25. The number of hydrogen-bond donors (Lipinski definition) is 1. The Morgan fingerprint density at radius 3 is 2.43 bits per heavy atom. The van der Waals surface area contributed by atoms with Gasteiger partial charge in [-0.15, -0.1) is 0 Å². The molecule has 0 saturated carbocycles. The fourth-order valence-electron chi connectivity index (χ4n) is 1.83. The summed E-state index contributed by atoms with van der Waals surface area (Å²) < 4.78 is 24.0. The van der Waals surface area contributed by atoms with Crippen LogP contribution in [0.3, 0.4) is 0 Å². The summed E-state index contributed by atoms with van der Waals surface area (Å²) in [7, 11) is 0. The fraction of sp³-hybridized carbons (Fsp3) is 0.250. The van der Waals surface area contributed by atoms with E-state index in [0.29, 0.717) is 31.9 Å². The zero-order valence-corrected chi connectivity index (χ0v) is 12.3. The molecule has 0 fully saturated rings. The van der Waals surface area contributed by atoms with E-state index in [4.69, 9.17) is 26.8 Å². The molecule has 2 rings (SSSR count). The van der Waals surface area contributed by atoms with Crippen LogP contribution in [0.25, 0.3) is 0 Å². The molecule has 0 aliphatic carbocycles. The quantitative estimate of drug-likeness (QED) is 0.792. The van der Waals surface area contributed by atoms with E-state index in [1.807, 2.05) is 24.3 Å². The lowest BCUT2D eigenvalue weighted by atomic mass is 10.2. The van der Waals surface area contributed by atoms with Crippen LogP contribution in [-0.2, 0) is 6.54 Å². The molecule has 21 heavy (non-hydrogen) atoms. The highest BCUT2D eigenvalue weighted by Gasteiger charge is 2.04. The number of benzene rings is 2. The molecule has 0 heterocycles. The third-order valence-electron chi connectivity index (χ3n) is 2.89. The summed E-state index contributed by atoms with van der Waals surface area (Å²) in [6.45, 7) is 1.39. The van der Waals surface area contributed by atoms with Crippen molar-refractivity contribution in [3.63, 3.8) is 0 Å². The van der Waals surface area contributed by atoms with Gasteiger partial charge in [0.15, 0.2) is 0 Å². The SMILES string of the molecule is NCc1ccccc1OCCCOc1ccc(F)cc1Cl. The summed E-state index contributed by atoms with van der Waals surface area (Å²) in [6.07, 6.45) is 0.687. The molecule has 0 saturated heterocycles. The minimum Gasteiger partial charge on any atom is -0.493 e. The van der Waals surface area contributed by atoms with Gasteiger partial charge in [-0.3, -0.25) is 0 Å². The molecule has 0 amide bonds. The summed E-state index contributed by atoms with van der Waals surface area (Å²) in [5.74, 6) is 0.884. The molecule has 2 aromatic carbocycles. The van der Waals surface area contributed by atoms with Crippen molar-refractivity contribution in [3.8, 4) is 11.5 Å². The second-order valence-electron chi connectivity index (χ2n) is 4.44. The van der Waals surface area contributed by atoms with Crippen molar-refractivity contribution < 1.29 is 13.9 Å². The van der Waals surface area contributed by atoms with Crippen LogP contribution in [0.5, 0.6) is 11.5 Å². The zero-order valence-electron chi connectivity index (χ0n) is 11.5. The van der Waals surface area contributed by atoms with Crippen LogP contribution in [0, 0.1) is 5.82 Å². The number of para-hydroxylation sites is 1. The third-order valence-corrected chi connectivity index (χ3v) is 3.19. The molecule has 0 atom stereocenters. The lowest BCUT2D eigenvalue weighted by Gasteiger charge is -2.11. The lowest BCUT2D eigenvalue weighted by Crippen LogP contribution is -2.07. The van der Waals surface area contributed by atoms with Gasteiger partial charge in [0.25, 0.3) is 0 Å². The Bertz CT molecular complexity index is 592. The van der Waals surface area contributed by atoms with E-state index in [2.05, 4.69) is 0 Å². The molecule has 112 valence electrons. The van der Waals surface area contributed by atoms with E-state index >= 15 is 0 Å². The first kappa shape index (κ1) is 15.6. The Morgan fingerprint density at radius 2 is 1.71 bits per heavy atom. The number of halogens is 2. The standard InChI is InChI=1S/C16H17ClFNO2/c17-14-10-13(18)6-7-16(14)21-9-3-8-20-15-5-2-1-4-12(15)11-19/h1-2,4-7,10H,3,8-9,11,19H2. The van der Waals surface area contributed by atoms with Gasteiger partial charge >= 0.3 is 0 Å². The first-order valence-corrected chi connectivity index (χ1v) is 7.07. The van der Waals surface area contributed by atoms with Gasteiger partial charge in [0, 0.05) is 18.5 Å². The maximum absolute atomic E-state index is 12.9. The molecule has 0 aliphatic heterocycles. The molecular formula is C16H17ClFNO2. The molecule has 0 spiro atoms. The van der Waals surface area contributed by atoms with Crippen LogP contribution in [0.1, 0.15) is 12.0 Å². The van der Waals surface area contributed by atoms with Crippen molar-refractivity contribution in [2.75, 3.05) is 13.2 Å². The Balaban J connectivity index is 1.75. The summed E-state index contributed by atoms with van der Waals surface area (Å²) in [5, 5.41) is 0.268. The van der Waals surface area contributed by atoms with E-state index in [1.165, 1.54) is 18.2 Å². The van der Waals surface area contributed by atoms with Crippen LogP contribution in [0.15, 0.2) is 42.5 Å². The largest absolute Gasteiger partial charge is 0.493 e. The summed E-state index contributed by atoms with van der Waals surface area (Å²) in [6, 6.07) is 11.7. The maximum Gasteiger partial charge on any atom is 0.138 e. The van der Waals surface area contributed by atoms with Crippen LogP contribution in [0.2, 0.25) is 5.02 Å². The van der Waals surface area contributed by atoms with E-state index in [0.717, 1.165) is 11.3 Å². The van der Waals surface area contributed by atoms with Crippen molar-refractivity contribution in [1.82, 2.24) is 0 Å². The predicted octanol–water partition coefficient (Wildman–Crippen LogP) is 3.79. The van der Waals surface area contributed by atoms with Gasteiger partial charge in [0.05, 0.1) is 18.2 Å². The molecule has 0 bridgehead atoms. The minimum absolute atomic E-state index is 0.268. The monoisotopic (exact) mass is 309 g/mol. The zero-order chi connectivity index (χ0) is 15.1. The molecule has 0 aromatic heterocycles. The number of hydrogen-bond acceptors (Lipinski definition) is 3. The smallest absolute Gasteiger partial charge is 0.138 e. The summed E-state index contributed by atoms with van der Waals surface area (Å²) in [5.41, 5.74) is 6.61. The van der Waals surface area contributed by atoms with Gasteiger partial charge in [-0.05, 0) is 24.3 Å². The maximum atomic E-state index is 12.9. The summed E-state index contributed by atoms with van der Waals surface area (Å²) in [4.78, 5) is 0. The lowest BCUT2D eigenvalue weighted by molar-refractivity contribution is 0.246. The number of rotatable bonds is 7. The van der Waals surface area contributed by atoms with E-state index < -0.39 is 0 Å². The van der Waals surface area contributed by atoms with E-state index in [9.17, 15) is 4.39 Å². The molecule has 0 unspecified atom stereocenters. The number of ether oxygens (including phenoxy) is 2. The van der Waals surface area contributed by atoms with Gasteiger partial charge < -0.3 is 15.2 Å². The van der Waals surface area contributed by atoms with Crippen LogP contribution < -0.4 is 15.2 Å². The fourth-order valence-corrected chi connectivity index (χ4v) is 2.05. The van der Waals surface area contributed by atoms with Crippen molar-refractivity contribution in [1.29, 1.82) is 0 Å². The van der Waals surface area contributed by atoms with Gasteiger partial charge in [-0.25, -0.2) is 4.39 Å². The van der Waals surface area contributed by atoms with E-state index in [1.54, 1.807) is 0 Å². The van der Waals surface area contributed by atoms with Gasteiger partial charge in [-0.1, -0.05) is 29.8 Å². The summed E-state index contributed by atoms with van der Waals surface area (Å²) >= 11 is 5.87. The van der Waals surface area contributed by atoms with Crippen LogP contribution in [0.4, 0.5) is 4.39 Å². The van der Waals surface area contributed by atoms with Crippen molar-refractivity contribution in [3.05, 3.63) is 58.9 Å². The molecule has 0 radical (unpaired) electrons. The molecular weight excluding hydrogens is 293 g/mol. The van der Waals surface area contributed by atoms with E-state index in [-0.39, 0.29) is 10.8 Å². The topological polar surface area (TPSA) is 44.5 Å². The first-order chi connectivity index (χ1) is 10.2. The van der Waals surface area contributed by atoms with Crippen molar-refractivity contribution in [2.24, 2.45) is 5.73 Å². The molecule has 5 heteroatoms. The molecule has 2 aromatic rings. The molecule has 0 aliphatic rings. The van der Waals surface area contributed by atoms with Gasteiger partial charge in [0.1, 0.15) is 17.3 Å². The highest BCUT2D eigenvalue weighted by atomic mass is 35.5. The van der Waals surface area contributed by atoms with Gasteiger partial charge in [0.2, 0.25) is 0 Å². The highest BCUT2D eigenvalue weighted by molar-refractivity contribution is 6.32. The van der Waals surface area contributed by atoms with Crippen LogP contribution >= 0.6 is 11.6 Å². The Hall–Kier alpha value is -1.78. The third kappa shape index (κ3) is 4.62. The second kappa shape index (κ2) is 7.86. The average molecular weight is 310 g/mol.